The van der Waals surface area contributed by atoms with Gasteiger partial charge >= 0.3 is 0 Å². The molecule has 0 saturated carbocycles. The van der Waals surface area contributed by atoms with Gasteiger partial charge < -0.3 is 4.31 Å². The molecule has 0 aliphatic carbocycles. The molecule has 0 atom stereocenters. The van der Waals surface area contributed by atoms with Crippen molar-refractivity contribution in [3.63, 3.8) is 0 Å². The molecule has 2 nitrogen and oxygen atoms in total. The van der Waals surface area contributed by atoms with Crippen molar-refractivity contribution in [3.05, 3.63) is 90.5 Å². The quantitative estimate of drug-likeness (QED) is 0.462. The van der Waals surface area contributed by atoms with Crippen LogP contribution in [0.5, 0.6) is 0 Å². The van der Waals surface area contributed by atoms with Gasteiger partial charge in [0.25, 0.3) is 0 Å². The fraction of sp³-hybridized carbons (Fsp3) is 0.231. The zero-order valence-corrected chi connectivity index (χ0v) is 17.4. The van der Waals surface area contributed by atoms with Crippen LogP contribution in [0.2, 0.25) is 0 Å². The molecule has 3 aromatic rings. The maximum absolute atomic E-state index is 2.58. The summed E-state index contributed by atoms with van der Waals surface area (Å²) in [7, 11) is 0. The number of hydrogen-bond acceptors (Lipinski definition) is 3. The van der Waals surface area contributed by atoms with E-state index in [0.29, 0.717) is 0 Å². The Hall–Kier alpha value is -2.49. The minimum absolute atomic E-state index is 1.07. The van der Waals surface area contributed by atoms with Crippen LogP contribution >= 0.6 is 11.9 Å². The van der Waals surface area contributed by atoms with Gasteiger partial charge in [-0.2, -0.15) is 0 Å². The third kappa shape index (κ3) is 3.98. The van der Waals surface area contributed by atoms with E-state index in [1.807, 2.05) is 11.9 Å². The molecule has 29 heavy (non-hydrogen) atoms. The maximum atomic E-state index is 2.58. The second-order valence-electron chi connectivity index (χ2n) is 7.71. The van der Waals surface area contributed by atoms with Gasteiger partial charge in [-0.1, -0.05) is 72.8 Å². The second kappa shape index (κ2) is 8.48. The van der Waals surface area contributed by atoms with Gasteiger partial charge in [-0.25, -0.2) is 0 Å². The summed E-state index contributed by atoms with van der Waals surface area (Å²) in [5.41, 5.74) is 6.95. The molecule has 0 fully saturated rings. The first kappa shape index (κ1) is 18.5. The number of fused-ring (bicyclic) bond motifs is 3. The molecule has 0 unspecified atom stereocenters. The normalized spacial score (nSPS) is 16.1. The lowest BCUT2D eigenvalue weighted by Crippen LogP contribution is -2.31. The van der Waals surface area contributed by atoms with E-state index in [4.69, 9.17) is 0 Å². The first-order valence-corrected chi connectivity index (χ1v) is 11.3. The molecule has 0 saturated heterocycles. The average Bonchev–Trinajstić information content (AvgIpc) is 2.80. The van der Waals surface area contributed by atoms with Crippen LogP contribution in [0.1, 0.15) is 18.4 Å². The molecule has 3 aromatic carbocycles. The summed E-state index contributed by atoms with van der Waals surface area (Å²) in [4.78, 5) is 3.94. The molecule has 5 rings (SSSR count). The Morgan fingerprint density at radius 3 is 2.34 bits per heavy atom. The number of anilines is 1. The van der Waals surface area contributed by atoms with E-state index in [1.54, 1.807) is 0 Å². The Morgan fingerprint density at radius 2 is 1.52 bits per heavy atom. The number of hydrogen-bond donors (Lipinski definition) is 0. The largest absolute Gasteiger partial charge is 0.311 e. The fourth-order valence-electron chi connectivity index (χ4n) is 4.29. The highest BCUT2D eigenvalue weighted by atomic mass is 32.2. The van der Waals surface area contributed by atoms with E-state index in [9.17, 15) is 0 Å². The first-order chi connectivity index (χ1) is 14.4. The lowest BCUT2D eigenvalue weighted by atomic mass is 9.99. The third-order valence-electron chi connectivity index (χ3n) is 5.83. The molecule has 0 bridgehead atoms. The van der Waals surface area contributed by atoms with E-state index < -0.39 is 0 Å². The average molecular weight is 399 g/mol. The lowest BCUT2D eigenvalue weighted by Gasteiger charge is -2.32. The van der Waals surface area contributed by atoms with Crippen LogP contribution in [0.4, 0.5) is 5.69 Å². The Labute approximate surface area is 178 Å². The molecule has 146 valence electrons. The first-order valence-electron chi connectivity index (χ1n) is 10.5. The van der Waals surface area contributed by atoms with Crippen molar-refractivity contribution < 1.29 is 0 Å². The highest BCUT2D eigenvalue weighted by Gasteiger charge is 2.22. The zero-order valence-electron chi connectivity index (χ0n) is 16.6. The predicted octanol–water partition coefficient (Wildman–Crippen LogP) is 6.36. The lowest BCUT2D eigenvalue weighted by molar-refractivity contribution is 0.300. The number of nitrogens with zero attached hydrogens (tertiary/aromatic N) is 2. The summed E-state index contributed by atoms with van der Waals surface area (Å²) in [6.07, 6.45) is 4.75. The van der Waals surface area contributed by atoms with E-state index in [1.165, 1.54) is 39.3 Å². The highest BCUT2D eigenvalue weighted by molar-refractivity contribution is 8.01. The van der Waals surface area contributed by atoms with E-state index >= 15 is 0 Å². The van der Waals surface area contributed by atoms with Crippen molar-refractivity contribution in [2.45, 2.75) is 17.7 Å². The third-order valence-corrected chi connectivity index (χ3v) is 6.98. The molecule has 0 spiro atoms. The van der Waals surface area contributed by atoms with Crippen LogP contribution < -0.4 is 4.31 Å². The topological polar surface area (TPSA) is 6.48 Å². The highest BCUT2D eigenvalue weighted by Crippen LogP contribution is 2.46. The zero-order chi connectivity index (χ0) is 19.5. The molecule has 2 aliphatic rings. The van der Waals surface area contributed by atoms with Crippen molar-refractivity contribution >= 4 is 23.2 Å². The fourth-order valence-corrected chi connectivity index (χ4v) is 5.42. The molecular formula is C26H26N2S. The van der Waals surface area contributed by atoms with Crippen molar-refractivity contribution in [1.29, 1.82) is 0 Å². The van der Waals surface area contributed by atoms with Gasteiger partial charge in [0.1, 0.15) is 0 Å². The summed E-state index contributed by atoms with van der Waals surface area (Å²) >= 11 is 1.89. The predicted molar refractivity (Wildman–Crippen MR) is 125 cm³/mol. The van der Waals surface area contributed by atoms with Gasteiger partial charge in [0.05, 0.1) is 5.69 Å². The minimum Gasteiger partial charge on any atom is -0.311 e. The van der Waals surface area contributed by atoms with Gasteiger partial charge in [0, 0.05) is 36.6 Å². The van der Waals surface area contributed by atoms with E-state index in [-0.39, 0.29) is 0 Å². The Bertz CT molecular complexity index is 1010. The van der Waals surface area contributed by atoms with Gasteiger partial charge in [0.2, 0.25) is 0 Å². The van der Waals surface area contributed by atoms with Gasteiger partial charge in [-0.3, -0.25) is 4.90 Å². The summed E-state index contributed by atoms with van der Waals surface area (Å²) < 4.78 is 2.48. The van der Waals surface area contributed by atoms with Gasteiger partial charge in [0.15, 0.2) is 0 Å². The Morgan fingerprint density at radius 1 is 0.759 bits per heavy atom. The summed E-state index contributed by atoms with van der Waals surface area (Å²) in [5, 5.41) is 0. The SMILES string of the molecule is C1=C(c2ccccc2)CCN(CCCN2Sc3ccccc3-c3ccccc32)C1. The Balaban J connectivity index is 1.20. The molecule has 2 heterocycles. The van der Waals surface area contributed by atoms with Crippen molar-refractivity contribution in [2.24, 2.45) is 0 Å². The molecular weight excluding hydrogens is 372 g/mol. The van der Waals surface area contributed by atoms with Gasteiger partial charge in [-0.05, 0) is 53.6 Å². The van der Waals surface area contributed by atoms with Crippen LogP contribution in [0.25, 0.3) is 16.7 Å². The molecule has 0 aromatic heterocycles. The summed E-state index contributed by atoms with van der Waals surface area (Å²) in [6.45, 7) is 4.45. The van der Waals surface area contributed by atoms with Crippen LogP contribution in [0.3, 0.4) is 0 Å². The second-order valence-corrected chi connectivity index (χ2v) is 8.77. The van der Waals surface area contributed by atoms with Gasteiger partial charge in [-0.15, -0.1) is 0 Å². The molecule has 0 amide bonds. The van der Waals surface area contributed by atoms with Crippen molar-refractivity contribution in [2.75, 3.05) is 30.5 Å². The molecule has 0 radical (unpaired) electrons. The molecule has 2 aliphatic heterocycles. The van der Waals surface area contributed by atoms with E-state index in [2.05, 4.69) is 94.1 Å². The number of benzene rings is 3. The van der Waals surface area contributed by atoms with Crippen molar-refractivity contribution in [1.82, 2.24) is 4.90 Å². The smallest absolute Gasteiger partial charge is 0.0551 e. The standard InChI is InChI=1S/C26H26N2S/c1-2-9-21(10-3-1)22-15-19-27(20-16-22)17-8-18-28-25-13-6-4-11-23(25)24-12-5-7-14-26(24)29-28/h1-7,9-15H,8,16-20H2. The summed E-state index contributed by atoms with van der Waals surface area (Å²) in [5.74, 6) is 0. The maximum Gasteiger partial charge on any atom is 0.0551 e. The minimum atomic E-state index is 1.07. The van der Waals surface area contributed by atoms with Crippen LogP contribution in [-0.2, 0) is 0 Å². The molecule has 3 heteroatoms. The monoisotopic (exact) mass is 398 g/mol. The summed E-state index contributed by atoms with van der Waals surface area (Å²) in [6, 6.07) is 28.4. The van der Waals surface area contributed by atoms with E-state index in [0.717, 1.165) is 32.6 Å². The number of para-hydroxylation sites is 1. The van der Waals surface area contributed by atoms with Crippen LogP contribution in [-0.4, -0.2) is 31.1 Å². The Kier molecular flexibility index (Phi) is 5.42. The van der Waals surface area contributed by atoms with Crippen LogP contribution in [0.15, 0.2) is 89.8 Å². The molecule has 0 N–H and O–H groups in total. The number of rotatable bonds is 5. The van der Waals surface area contributed by atoms with Crippen molar-refractivity contribution in [3.8, 4) is 11.1 Å². The van der Waals surface area contributed by atoms with Crippen LogP contribution in [0, 0.1) is 0 Å².